The van der Waals surface area contributed by atoms with Gasteiger partial charge in [-0.1, -0.05) is 67.1 Å². The number of nitriles is 1. The molecular formula is C28H22ClNO2S. The van der Waals surface area contributed by atoms with Crippen LogP contribution in [0.2, 0.25) is 4.34 Å². The maximum absolute atomic E-state index is 10.9. The number of nitrogens with zero attached hydrogens (tertiary/aromatic N) is 1. The summed E-state index contributed by atoms with van der Waals surface area (Å²) in [7, 11) is 0. The number of hydrogen-bond donors (Lipinski definition) is 1. The van der Waals surface area contributed by atoms with Crippen LogP contribution in [0.4, 0.5) is 0 Å². The van der Waals surface area contributed by atoms with Crippen molar-refractivity contribution >= 4 is 51.7 Å². The highest BCUT2D eigenvalue weighted by molar-refractivity contribution is 7.16. The molecule has 3 nitrogen and oxygen atoms in total. The molecule has 0 fully saturated rings. The van der Waals surface area contributed by atoms with Crippen LogP contribution in [0.3, 0.4) is 0 Å². The van der Waals surface area contributed by atoms with Gasteiger partial charge in [-0.25, -0.2) is 4.79 Å². The molecule has 1 heterocycles. The van der Waals surface area contributed by atoms with E-state index in [-0.39, 0.29) is 0 Å². The minimum Gasteiger partial charge on any atom is -0.478 e. The minimum atomic E-state index is -0.983. The molecule has 1 aliphatic carbocycles. The molecule has 0 spiro atoms. The number of carboxylic acid groups (broad SMARTS) is 1. The van der Waals surface area contributed by atoms with Crippen molar-refractivity contribution < 1.29 is 9.90 Å². The number of benzene rings is 2. The van der Waals surface area contributed by atoms with Gasteiger partial charge in [0.25, 0.3) is 0 Å². The molecule has 4 rings (SSSR count). The van der Waals surface area contributed by atoms with Gasteiger partial charge in [0.15, 0.2) is 0 Å². The number of rotatable bonds is 6. The lowest BCUT2D eigenvalue weighted by Gasteiger charge is -2.17. The fraction of sp³-hybridized carbons (Fsp3) is 0.143. The first-order valence-electron chi connectivity index (χ1n) is 10.7. The lowest BCUT2D eigenvalue weighted by atomic mass is 9.86. The van der Waals surface area contributed by atoms with Crippen molar-refractivity contribution in [1.29, 1.82) is 5.26 Å². The van der Waals surface area contributed by atoms with Crippen molar-refractivity contribution in [2.75, 3.05) is 0 Å². The molecule has 0 bridgehead atoms. The van der Waals surface area contributed by atoms with Gasteiger partial charge in [0, 0.05) is 22.9 Å². The SMILES string of the molecule is CC/C(=C(\C1=C(C#N)c2ccccc2C1)c1ccc(/C=C/C(=O)O)cc1)c1cc(C)sc1Cl. The summed E-state index contributed by atoms with van der Waals surface area (Å²) in [6.07, 6.45) is 4.13. The Morgan fingerprint density at radius 3 is 2.55 bits per heavy atom. The molecule has 1 N–H and O–H groups in total. The third-order valence-electron chi connectivity index (χ3n) is 5.78. The smallest absolute Gasteiger partial charge is 0.328 e. The topological polar surface area (TPSA) is 61.1 Å². The van der Waals surface area contributed by atoms with Gasteiger partial charge < -0.3 is 5.11 Å². The molecular weight excluding hydrogens is 450 g/mol. The average molecular weight is 472 g/mol. The molecule has 5 heteroatoms. The van der Waals surface area contributed by atoms with E-state index in [0.29, 0.717) is 12.0 Å². The van der Waals surface area contributed by atoms with Gasteiger partial charge in [-0.05, 0) is 64.5 Å². The predicted molar refractivity (Wildman–Crippen MR) is 137 cm³/mol. The second kappa shape index (κ2) is 9.62. The van der Waals surface area contributed by atoms with Crippen molar-refractivity contribution in [1.82, 2.24) is 0 Å². The summed E-state index contributed by atoms with van der Waals surface area (Å²) in [5, 5.41) is 19.0. The maximum atomic E-state index is 10.9. The number of thiophene rings is 1. The number of allylic oxidation sites excluding steroid dienone is 4. The maximum Gasteiger partial charge on any atom is 0.328 e. The zero-order valence-corrected chi connectivity index (χ0v) is 19.9. The first-order chi connectivity index (χ1) is 15.9. The Morgan fingerprint density at radius 2 is 1.94 bits per heavy atom. The van der Waals surface area contributed by atoms with Crippen LogP contribution in [-0.2, 0) is 11.2 Å². The highest BCUT2D eigenvalue weighted by Gasteiger charge is 2.27. The van der Waals surface area contributed by atoms with Crippen LogP contribution in [0.1, 0.15) is 46.0 Å². The molecule has 0 radical (unpaired) electrons. The van der Waals surface area contributed by atoms with E-state index in [4.69, 9.17) is 16.7 Å². The van der Waals surface area contributed by atoms with E-state index in [2.05, 4.69) is 25.1 Å². The molecule has 164 valence electrons. The Kier molecular flexibility index (Phi) is 6.65. The molecule has 1 aliphatic rings. The Hall–Kier alpha value is -3.39. The van der Waals surface area contributed by atoms with Gasteiger partial charge in [-0.2, -0.15) is 5.26 Å². The van der Waals surface area contributed by atoms with Gasteiger partial charge in [-0.3, -0.25) is 0 Å². The molecule has 0 unspecified atom stereocenters. The van der Waals surface area contributed by atoms with Gasteiger partial charge in [0.05, 0.1) is 5.57 Å². The highest BCUT2D eigenvalue weighted by atomic mass is 35.5. The predicted octanol–water partition coefficient (Wildman–Crippen LogP) is 7.66. The summed E-state index contributed by atoms with van der Waals surface area (Å²) in [6.45, 7) is 4.15. The van der Waals surface area contributed by atoms with E-state index in [1.807, 2.05) is 49.4 Å². The summed E-state index contributed by atoms with van der Waals surface area (Å²) >= 11 is 8.21. The Morgan fingerprint density at radius 1 is 1.21 bits per heavy atom. The average Bonchev–Trinajstić information content (AvgIpc) is 3.34. The third kappa shape index (κ3) is 4.57. The van der Waals surface area contributed by atoms with Crippen LogP contribution in [0.15, 0.2) is 66.2 Å². The van der Waals surface area contributed by atoms with Crippen LogP contribution >= 0.6 is 22.9 Å². The van der Waals surface area contributed by atoms with E-state index >= 15 is 0 Å². The molecule has 33 heavy (non-hydrogen) atoms. The minimum absolute atomic E-state index is 0.680. The van der Waals surface area contributed by atoms with Crippen LogP contribution in [0.25, 0.3) is 22.8 Å². The lowest BCUT2D eigenvalue weighted by molar-refractivity contribution is -0.131. The number of aryl methyl sites for hydroxylation is 1. The van der Waals surface area contributed by atoms with Crippen LogP contribution in [-0.4, -0.2) is 11.1 Å². The number of aliphatic carboxylic acids is 1. The standard InChI is InChI=1S/C28H22ClNO2S/c1-3-21(24-14-17(2)33-28(24)29)27(19-11-8-18(9-12-19)10-13-26(31)32)23-15-20-6-4-5-7-22(20)25(23)16-30/h4-14H,3,15H2,1-2H3,(H,31,32)/b13-10+,27-21+. The van der Waals surface area contributed by atoms with Crippen molar-refractivity contribution in [2.24, 2.45) is 0 Å². The molecule has 0 saturated carbocycles. The molecule has 0 aliphatic heterocycles. The van der Waals surface area contributed by atoms with E-state index in [9.17, 15) is 10.1 Å². The quantitative estimate of drug-likeness (QED) is 0.375. The zero-order valence-electron chi connectivity index (χ0n) is 18.4. The number of carbonyl (C=O) groups is 1. The first-order valence-corrected chi connectivity index (χ1v) is 11.8. The van der Waals surface area contributed by atoms with E-state index in [1.165, 1.54) is 0 Å². The van der Waals surface area contributed by atoms with Crippen molar-refractivity contribution in [3.05, 3.63) is 103 Å². The van der Waals surface area contributed by atoms with Gasteiger partial charge in [-0.15, -0.1) is 11.3 Å². The molecule has 0 atom stereocenters. The summed E-state index contributed by atoms with van der Waals surface area (Å²) in [5.41, 5.74) is 8.75. The Balaban J connectivity index is 1.96. The van der Waals surface area contributed by atoms with Crippen molar-refractivity contribution in [3.63, 3.8) is 0 Å². The summed E-state index contributed by atoms with van der Waals surface area (Å²) < 4.78 is 0.748. The normalized spacial score (nSPS) is 13.8. The Bertz CT molecular complexity index is 1370. The monoisotopic (exact) mass is 471 g/mol. The number of halogens is 1. The first kappa shape index (κ1) is 22.8. The number of hydrogen-bond acceptors (Lipinski definition) is 3. The fourth-order valence-corrected chi connectivity index (χ4v) is 5.64. The second-order valence-electron chi connectivity index (χ2n) is 7.84. The van der Waals surface area contributed by atoms with Crippen molar-refractivity contribution in [2.45, 2.75) is 26.7 Å². The number of fused-ring (bicyclic) bond motifs is 1. The lowest BCUT2D eigenvalue weighted by Crippen LogP contribution is -1.98. The van der Waals surface area contributed by atoms with Gasteiger partial charge in [0.1, 0.15) is 10.4 Å². The highest BCUT2D eigenvalue weighted by Crippen LogP contribution is 2.46. The van der Waals surface area contributed by atoms with Crippen LogP contribution in [0, 0.1) is 18.3 Å². The van der Waals surface area contributed by atoms with E-state index < -0.39 is 5.97 Å². The summed E-state index contributed by atoms with van der Waals surface area (Å²) in [4.78, 5) is 12.0. The van der Waals surface area contributed by atoms with E-state index in [0.717, 1.165) is 66.2 Å². The van der Waals surface area contributed by atoms with Gasteiger partial charge >= 0.3 is 5.97 Å². The van der Waals surface area contributed by atoms with Crippen LogP contribution < -0.4 is 0 Å². The fourth-order valence-electron chi connectivity index (χ4n) is 4.35. The molecule has 0 saturated heterocycles. The molecule has 2 aromatic carbocycles. The van der Waals surface area contributed by atoms with Crippen molar-refractivity contribution in [3.8, 4) is 6.07 Å². The summed E-state index contributed by atoms with van der Waals surface area (Å²) in [5.74, 6) is -0.983. The number of carboxylic acids is 1. The Labute approximate surface area is 202 Å². The third-order valence-corrected chi connectivity index (χ3v) is 7.05. The second-order valence-corrected chi connectivity index (χ2v) is 9.70. The largest absolute Gasteiger partial charge is 0.478 e. The van der Waals surface area contributed by atoms with Gasteiger partial charge in [0.2, 0.25) is 0 Å². The summed E-state index contributed by atoms with van der Waals surface area (Å²) in [6, 6.07) is 20.4. The molecule has 3 aromatic rings. The molecule has 1 aromatic heterocycles. The van der Waals surface area contributed by atoms with E-state index in [1.54, 1.807) is 17.4 Å². The van der Waals surface area contributed by atoms with Crippen LogP contribution in [0.5, 0.6) is 0 Å². The zero-order chi connectivity index (χ0) is 23.5. The molecule has 0 amide bonds.